The van der Waals surface area contributed by atoms with E-state index in [1.54, 1.807) is 0 Å². The first kappa shape index (κ1) is 12.5. The Morgan fingerprint density at radius 2 is 1.67 bits per heavy atom. The summed E-state index contributed by atoms with van der Waals surface area (Å²) in [5.41, 5.74) is 0.558. The van der Waals surface area contributed by atoms with Crippen molar-refractivity contribution in [2.45, 2.75) is 24.9 Å². The largest absolute Gasteiger partial charge is 0.405 e. The van der Waals surface area contributed by atoms with Crippen molar-refractivity contribution in [2.75, 3.05) is 0 Å². The minimum Gasteiger partial charge on any atom is -0.207 e. The Bertz CT molecular complexity index is 370. The molecule has 0 N–H and O–H groups in total. The van der Waals surface area contributed by atoms with Gasteiger partial charge in [-0.1, -0.05) is 22.0 Å². The van der Waals surface area contributed by atoms with E-state index < -0.39 is 16.8 Å². The Morgan fingerprint density at radius 3 is 2.13 bits per heavy atom. The summed E-state index contributed by atoms with van der Waals surface area (Å²) in [6, 6.07) is 2.34. The summed E-state index contributed by atoms with van der Waals surface area (Å²) in [5.74, 6) is -0.488. The third-order valence-electron chi connectivity index (χ3n) is 2.11. The second-order valence-corrected chi connectivity index (χ2v) is 4.28. The zero-order valence-electron chi connectivity index (χ0n) is 8.12. The lowest BCUT2D eigenvalue weighted by atomic mass is 10.0. The third-order valence-corrected chi connectivity index (χ3v) is 3.12. The van der Waals surface area contributed by atoms with Gasteiger partial charge >= 0.3 is 6.18 Å². The molecule has 0 aliphatic carbocycles. The van der Waals surface area contributed by atoms with Crippen molar-refractivity contribution in [3.05, 3.63) is 34.6 Å². The second-order valence-electron chi connectivity index (χ2n) is 3.36. The molecular formula is C10H9BrF4. The number of rotatable bonds is 1. The fraction of sp³-hybridized carbons (Fsp3) is 0.400. The van der Waals surface area contributed by atoms with Gasteiger partial charge in [-0.05, 0) is 36.6 Å². The molecular weight excluding hydrogens is 276 g/mol. The van der Waals surface area contributed by atoms with Crippen molar-refractivity contribution in [3.63, 3.8) is 0 Å². The van der Waals surface area contributed by atoms with Gasteiger partial charge in [-0.2, -0.15) is 13.2 Å². The van der Waals surface area contributed by atoms with Crippen LogP contribution in [-0.2, 0) is 0 Å². The Balaban J connectivity index is 3.21. The van der Waals surface area contributed by atoms with Gasteiger partial charge in [0, 0.05) is 0 Å². The number of hydrogen-bond donors (Lipinski definition) is 0. The highest BCUT2D eigenvalue weighted by atomic mass is 79.9. The molecule has 1 atom stereocenters. The molecule has 1 aromatic carbocycles. The highest BCUT2D eigenvalue weighted by Gasteiger charge is 2.39. The maximum Gasteiger partial charge on any atom is 0.405 e. The van der Waals surface area contributed by atoms with E-state index in [-0.39, 0.29) is 16.7 Å². The molecule has 0 aromatic heterocycles. The van der Waals surface area contributed by atoms with Crippen LogP contribution < -0.4 is 0 Å². The van der Waals surface area contributed by atoms with E-state index in [0.717, 1.165) is 6.07 Å². The van der Waals surface area contributed by atoms with Gasteiger partial charge in [-0.3, -0.25) is 0 Å². The van der Waals surface area contributed by atoms with Crippen LogP contribution in [0.3, 0.4) is 0 Å². The number of hydrogen-bond acceptors (Lipinski definition) is 0. The molecule has 0 nitrogen and oxygen atoms in total. The first-order valence-electron chi connectivity index (χ1n) is 4.21. The number of halogens is 5. The smallest absolute Gasteiger partial charge is 0.207 e. The third kappa shape index (κ3) is 2.71. The van der Waals surface area contributed by atoms with Crippen LogP contribution >= 0.6 is 15.9 Å². The van der Waals surface area contributed by atoms with Crippen molar-refractivity contribution in [1.29, 1.82) is 0 Å². The Morgan fingerprint density at radius 1 is 1.13 bits per heavy atom. The van der Waals surface area contributed by atoms with E-state index in [0.29, 0.717) is 0 Å². The van der Waals surface area contributed by atoms with Crippen molar-refractivity contribution in [3.8, 4) is 0 Å². The highest BCUT2D eigenvalue weighted by molar-refractivity contribution is 9.09. The average molecular weight is 285 g/mol. The molecule has 1 rings (SSSR count). The summed E-state index contributed by atoms with van der Waals surface area (Å²) >= 11 is 2.57. The monoisotopic (exact) mass is 284 g/mol. The van der Waals surface area contributed by atoms with Crippen LogP contribution in [0.15, 0.2) is 12.1 Å². The SMILES string of the molecule is Cc1cc(C(Br)C(F)(F)F)c(C)cc1F. The molecule has 0 fully saturated rings. The van der Waals surface area contributed by atoms with Gasteiger partial charge in [0.15, 0.2) is 0 Å². The second kappa shape index (κ2) is 4.12. The van der Waals surface area contributed by atoms with Crippen molar-refractivity contribution in [2.24, 2.45) is 0 Å². The molecule has 0 amide bonds. The predicted octanol–water partition coefficient (Wildman–Crippen LogP) is 4.44. The lowest BCUT2D eigenvalue weighted by Crippen LogP contribution is -2.16. The summed E-state index contributed by atoms with van der Waals surface area (Å²) in [4.78, 5) is -1.75. The van der Waals surface area contributed by atoms with Gasteiger partial charge in [0.1, 0.15) is 10.6 Å². The molecule has 15 heavy (non-hydrogen) atoms. The van der Waals surface area contributed by atoms with Crippen molar-refractivity contribution >= 4 is 15.9 Å². The molecule has 0 spiro atoms. The van der Waals surface area contributed by atoms with Gasteiger partial charge in [0.2, 0.25) is 0 Å². The Labute approximate surface area is 93.4 Å². The molecule has 1 aromatic rings. The quantitative estimate of drug-likeness (QED) is 0.528. The number of alkyl halides is 4. The molecule has 0 aliphatic rings. The van der Waals surface area contributed by atoms with E-state index in [9.17, 15) is 17.6 Å². The van der Waals surface area contributed by atoms with Crippen molar-refractivity contribution in [1.82, 2.24) is 0 Å². The summed E-state index contributed by atoms with van der Waals surface area (Å²) in [6.07, 6.45) is -4.37. The molecule has 0 radical (unpaired) electrons. The van der Waals surface area contributed by atoms with Crippen LogP contribution in [-0.4, -0.2) is 6.18 Å². The molecule has 0 heterocycles. The van der Waals surface area contributed by atoms with Gasteiger partial charge in [-0.25, -0.2) is 4.39 Å². The maximum atomic E-state index is 13.0. The zero-order valence-corrected chi connectivity index (χ0v) is 9.71. The maximum absolute atomic E-state index is 13.0. The number of aryl methyl sites for hydroxylation is 2. The molecule has 1 unspecified atom stereocenters. The summed E-state index contributed by atoms with van der Waals surface area (Å²) in [5, 5.41) is 0. The van der Waals surface area contributed by atoms with E-state index in [1.807, 2.05) is 0 Å². The van der Waals surface area contributed by atoms with Crippen molar-refractivity contribution < 1.29 is 17.6 Å². The molecule has 0 saturated heterocycles. The highest BCUT2D eigenvalue weighted by Crippen LogP contribution is 2.41. The summed E-state index contributed by atoms with van der Waals surface area (Å²) in [7, 11) is 0. The van der Waals surface area contributed by atoms with Gasteiger partial charge < -0.3 is 0 Å². The first-order chi connectivity index (χ1) is 6.73. The van der Waals surface area contributed by atoms with Crippen LogP contribution in [0, 0.1) is 19.7 Å². The van der Waals surface area contributed by atoms with E-state index >= 15 is 0 Å². The van der Waals surface area contributed by atoms with Crippen LogP contribution in [0.4, 0.5) is 17.6 Å². The molecule has 5 heteroatoms. The standard InChI is InChI=1S/C10H9BrF4/c1-5-4-8(12)6(2)3-7(5)9(11)10(13,14)15/h3-4,9H,1-2H3. The van der Waals surface area contributed by atoms with Crippen LogP contribution in [0.25, 0.3) is 0 Å². The average Bonchev–Trinajstić information content (AvgIpc) is 2.08. The van der Waals surface area contributed by atoms with Gasteiger partial charge in [0.25, 0.3) is 0 Å². The van der Waals surface area contributed by atoms with Gasteiger partial charge in [0.05, 0.1) is 0 Å². The van der Waals surface area contributed by atoms with E-state index in [4.69, 9.17) is 0 Å². The minimum absolute atomic E-state index is 0.0569. The first-order valence-corrected chi connectivity index (χ1v) is 5.12. The summed E-state index contributed by atoms with van der Waals surface area (Å²) in [6.45, 7) is 2.90. The molecule has 0 bridgehead atoms. The normalized spacial score (nSPS) is 14.1. The van der Waals surface area contributed by atoms with Crippen LogP contribution in [0.1, 0.15) is 21.5 Å². The fourth-order valence-electron chi connectivity index (χ4n) is 1.25. The topological polar surface area (TPSA) is 0 Å². The van der Waals surface area contributed by atoms with E-state index in [2.05, 4.69) is 15.9 Å². The predicted molar refractivity (Wildman–Crippen MR) is 53.6 cm³/mol. The van der Waals surface area contributed by atoms with Gasteiger partial charge in [-0.15, -0.1) is 0 Å². The van der Waals surface area contributed by atoms with Crippen LogP contribution in [0.5, 0.6) is 0 Å². The molecule has 0 saturated carbocycles. The molecule has 84 valence electrons. The summed E-state index contributed by atoms with van der Waals surface area (Å²) < 4.78 is 50.2. The lowest BCUT2D eigenvalue weighted by molar-refractivity contribution is -0.128. The van der Waals surface area contributed by atoms with E-state index in [1.165, 1.54) is 19.9 Å². The minimum atomic E-state index is -4.37. The zero-order chi connectivity index (χ0) is 11.8. The van der Waals surface area contributed by atoms with Crippen LogP contribution in [0.2, 0.25) is 0 Å². The number of benzene rings is 1. The fourth-order valence-corrected chi connectivity index (χ4v) is 1.75. The Hall–Kier alpha value is -0.580. The molecule has 0 aliphatic heterocycles. The lowest BCUT2D eigenvalue weighted by Gasteiger charge is -2.17. The Kier molecular flexibility index (Phi) is 3.43.